The fourth-order valence-electron chi connectivity index (χ4n) is 3.52. The topological polar surface area (TPSA) is 64.7 Å². The first-order valence-corrected chi connectivity index (χ1v) is 7.90. The van der Waals surface area contributed by atoms with Gasteiger partial charge in [0.2, 0.25) is 0 Å². The highest BCUT2D eigenvalue weighted by Crippen LogP contribution is 2.46. The number of allylic oxidation sites excluding steroid dienone is 2. The lowest BCUT2D eigenvalue weighted by molar-refractivity contribution is -0.833. The van der Waals surface area contributed by atoms with E-state index in [1.807, 2.05) is 31.3 Å². The predicted octanol–water partition coefficient (Wildman–Crippen LogP) is 3.18. The molecular weight excluding hydrogens is 302 g/mol. The first kappa shape index (κ1) is 16.2. The quantitative estimate of drug-likeness (QED) is 0.865. The molecule has 2 heterocycles. The summed E-state index contributed by atoms with van der Waals surface area (Å²) in [4.78, 5) is 16.5. The van der Waals surface area contributed by atoms with Crippen molar-refractivity contribution in [1.29, 1.82) is 0 Å². The van der Waals surface area contributed by atoms with Gasteiger partial charge < -0.3 is 10.5 Å². The van der Waals surface area contributed by atoms with Gasteiger partial charge in [0.25, 0.3) is 11.7 Å². The van der Waals surface area contributed by atoms with Crippen LogP contribution < -0.4 is 10.5 Å². The molecular formula is C19H22N3O2+. The normalized spacial score (nSPS) is 23.5. The van der Waals surface area contributed by atoms with Gasteiger partial charge in [-0.3, -0.25) is 4.79 Å². The van der Waals surface area contributed by atoms with E-state index in [1.165, 1.54) is 0 Å². The number of hydrogen-bond acceptors (Lipinski definition) is 3. The van der Waals surface area contributed by atoms with Crippen LogP contribution in [0.5, 0.6) is 5.75 Å². The molecule has 0 aliphatic carbocycles. The molecule has 2 unspecified atom stereocenters. The highest BCUT2D eigenvalue weighted by atomic mass is 16.5. The number of nitrogens with zero attached hydrogens (tertiary/aromatic N) is 2. The van der Waals surface area contributed by atoms with Gasteiger partial charge in [0.05, 0.1) is 7.11 Å². The average Bonchev–Trinajstić information content (AvgIpc) is 2.95. The van der Waals surface area contributed by atoms with Gasteiger partial charge in [0, 0.05) is 30.4 Å². The number of rotatable bonds is 4. The second-order valence-corrected chi connectivity index (χ2v) is 6.19. The van der Waals surface area contributed by atoms with E-state index in [9.17, 15) is 4.79 Å². The minimum Gasteiger partial charge on any atom is -0.497 e. The largest absolute Gasteiger partial charge is 0.497 e. The Balaban J connectivity index is 2.18. The van der Waals surface area contributed by atoms with Crippen LogP contribution in [0, 0.1) is 0 Å². The van der Waals surface area contributed by atoms with Crippen molar-refractivity contribution in [2.75, 3.05) is 7.11 Å². The van der Waals surface area contributed by atoms with Gasteiger partial charge in [-0.25, -0.2) is 9.48 Å². The molecule has 3 rings (SSSR count). The van der Waals surface area contributed by atoms with Gasteiger partial charge in [-0.05, 0) is 26.0 Å². The van der Waals surface area contributed by atoms with Crippen LogP contribution in [0.15, 0.2) is 64.7 Å². The van der Waals surface area contributed by atoms with Crippen LogP contribution in [0.25, 0.3) is 0 Å². The van der Waals surface area contributed by atoms with Crippen molar-refractivity contribution in [3.05, 3.63) is 65.3 Å². The molecule has 5 heteroatoms. The van der Waals surface area contributed by atoms with E-state index in [2.05, 4.69) is 31.0 Å². The van der Waals surface area contributed by atoms with E-state index in [0.717, 1.165) is 22.7 Å². The van der Waals surface area contributed by atoms with Crippen LogP contribution >= 0.6 is 0 Å². The molecule has 2 atom stereocenters. The molecule has 24 heavy (non-hydrogen) atoms. The number of fused-ring (bicyclic) bond motifs is 1. The minimum absolute atomic E-state index is 0.0244. The zero-order valence-corrected chi connectivity index (χ0v) is 14.4. The Bertz CT molecular complexity index is 833. The van der Waals surface area contributed by atoms with Crippen LogP contribution in [0.1, 0.15) is 32.4 Å². The Hall–Kier alpha value is -2.66. The monoisotopic (exact) mass is 324 g/mol. The summed E-state index contributed by atoms with van der Waals surface area (Å²) in [5, 5.41) is 0. The molecule has 1 aromatic carbocycles. The molecule has 0 aromatic heterocycles. The molecule has 0 fully saturated rings. The van der Waals surface area contributed by atoms with E-state index in [4.69, 9.17) is 10.5 Å². The molecule has 0 radical (unpaired) electrons. The number of benzene rings is 1. The van der Waals surface area contributed by atoms with Crippen LogP contribution in [0.3, 0.4) is 0 Å². The van der Waals surface area contributed by atoms with Crippen molar-refractivity contribution in [2.24, 2.45) is 10.7 Å². The molecule has 2 aliphatic rings. The van der Waals surface area contributed by atoms with Gasteiger partial charge in [-0.2, -0.15) is 0 Å². The average molecular weight is 324 g/mol. The van der Waals surface area contributed by atoms with E-state index in [-0.39, 0.29) is 6.04 Å². The molecule has 5 nitrogen and oxygen atoms in total. The van der Waals surface area contributed by atoms with Crippen molar-refractivity contribution >= 4 is 11.6 Å². The summed E-state index contributed by atoms with van der Waals surface area (Å²) >= 11 is 0. The van der Waals surface area contributed by atoms with Crippen LogP contribution in [-0.2, 0) is 4.79 Å². The Labute approximate surface area is 142 Å². The highest BCUT2D eigenvalue weighted by Gasteiger charge is 2.47. The van der Waals surface area contributed by atoms with Gasteiger partial charge >= 0.3 is 0 Å². The third-order valence-electron chi connectivity index (χ3n) is 4.80. The summed E-state index contributed by atoms with van der Waals surface area (Å²) in [6.07, 6.45) is 5.84. The second kappa shape index (κ2) is 5.76. The van der Waals surface area contributed by atoms with Gasteiger partial charge in [-0.15, -0.1) is 0 Å². The predicted molar refractivity (Wildman–Crippen MR) is 93.9 cm³/mol. The Morgan fingerprint density at radius 3 is 2.75 bits per heavy atom. The van der Waals surface area contributed by atoms with E-state index < -0.39 is 5.91 Å². The zero-order valence-electron chi connectivity index (χ0n) is 14.4. The third kappa shape index (κ3) is 2.29. The fraction of sp³-hybridized carbons (Fsp3) is 0.263. The maximum Gasteiger partial charge on any atom is 0.256 e. The summed E-state index contributed by atoms with van der Waals surface area (Å²) < 4.78 is 5.73. The smallest absolute Gasteiger partial charge is 0.256 e. The van der Waals surface area contributed by atoms with Crippen molar-refractivity contribution in [1.82, 2.24) is 0 Å². The first-order chi connectivity index (χ1) is 11.4. The molecule has 124 valence electrons. The number of carbonyl (C=O) groups is 1. The number of methoxy groups -OCH3 is 1. The molecule has 2 aliphatic heterocycles. The lowest BCUT2D eigenvalue weighted by Crippen LogP contribution is -2.43. The summed E-state index contributed by atoms with van der Waals surface area (Å²) in [5.74, 6) is 1.04. The number of nitrogens with two attached hydrogens (primary N) is 1. The Morgan fingerprint density at radius 2 is 2.08 bits per heavy atom. The molecule has 0 saturated heterocycles. The fourth-order valence-corrected chi connectivity index (χ4v) is 3.52. The van der Waals surface area contributed by atoms with Crippen molar-refractivity contribution in [2.45, 2.75) is 26.8 Å². The summed E-state index contributed by atoms with van der Waals surface area (Å²) in [7, 11) is 1.66. The first-order valence-electron chi connectivity index (χ1n) is 7.90. The van der Waals surface area contributed by atoms with Crippen LogP contribution in [-0.4, -0.2) is 23.2 Å². The number of amides is 1. The van der Waals surface area contributed by atoms with Crippen molar-refractivity contribution < 1.29 is 14.0 Å². The Morgan fingerprint density at radius 1 is 1.33 bits per heavy atom. The van der Waals surface area contributed by atoms with Crippen molar-refractivity contribution in [3.8, 4) is 5.75 Å². The van der Waals surface area contributed by atoms with Gasteiger partial charge in [-0.1, -0.05) is 12.1 Å². The number of quaternary nitrogens is 1. The van der Waals surface area contributed by atoms with E-state index >= 15 is 0 Å². The zero-order chi connectivity index (χ0) is 17.5. The SMILES string of the molecule is COc1cccc(C(C)[N+]23C=CC(C(N)=O)=C2N=C(C)C=C3C)c1. The number of hydrogen-bond donors (Lipinski definition) is 1. The maximum atomic E-state index is 11.9. The van der Waals surface area contributed by atoms with Crippen LogP contribution in [0.4, 0.5) is 0 Å². The summed E-state index contributed by atoms with van der Waals surface area (Å²) in [5.41, 5.74) is 9.11. The highest BCUT2D eigenvalue weighted by molar-refractivity contribution is 5.99. The number of aliphatic imine (C=N–C) groups is 1. The lowest BCUT2D eigenvalue weighted by Gasteiger charge is -2.40. The van der Waals surface area contributed by atoms with Crippen molar-refractivity contribution in [3.63, 3.8) is 0 Å². The van der Waals surface area contributed by atoms with Gasteiger partial charge in [0.1, 0.15) is 29.3 Å². The lowest BCUT2D eigenvalue weighted by atomic mass is 10.0. The maximum absolute atomic E-state index is 11.9. The van der Waals surface area contributed by atoms with E-state index in [1.54, 1.807) is 13.2 Å². The third-order valence-corrected chi connectivity index (χ3v) is 4.80. The summed E-state index contributed by atoms with van der Waals surface area (Å²) in [6.45, 7) is 6.11. The minimum atomic E-state index is -0.453. The molecule has 2 N–H and O–H groups in total. The van der Waals surface area contributed by atoms with Gasteiger partial charge in [0.15, 0.2) is 0 Å². The molecule has 1 amide bonds. The molecule has 1 aromatic rings. The number of carbonyl (C=O) groups excluding carboxylic acids is 1. The standard InChI is InChI=1S/C19H21N3O2/c1-12-10-13(2)22(9-8-17(18(20)23)19(22)21-12)14(3)15-6-5-7-16(11-15)24-4/h5-11,14H,1-4H3,(H-,20,23)/p+1. The van der Waals surface area contributed by atoms with E-state index in [0.29, 0.717) is 15.9 Å². The summed E-state index contributed by atoms with van der Waals surface area (Å²) in [6, 6.07) is 7.99. The molecule has 0 saturated carbocycles. The molecule has 0 bridgehead atoms. The Kier molecular flexibility index (Phi) is 3.89. The second-order valence-electron chi connectivity index (χ2n) is 6.19. The molecule has 0 spiro atoms. The number of primary amides is 1. The van der Waals surface area contributed by atoms with Crippen LogP contribution in [0.2, 0.25) is 0 Å². The number of ether oxygens (including phenoxy) is 1.